The fraction of sp³-hybridized carbons (Fsp3) is 0.294. The van der Waals surface area contributed by atoms with Crippen molar-refractivity contribution >= 4 is 39.1 Å². The fourth-order valence-electron chi connectivity index (χ4n) is 2.30. The van der Waals surface area contributed by atoms with Crippen molar-refractivity contribution < 1.29 is 0 Å². The van der Waals surface area contributed by atoms with Gasteiger partial charge < -0.3 is 5.32 Å². The maximum absolute atomic E-state index is 6.41. The molecule has 4 heteroatoms. The van der Waals surface area contributed by atoms with Crippen LogP contribution >= 0.6 is 39.1 Å². The molecule has 0 radical (unpaired) electrons. The standard InChI is InChI=1S/C17H18BrCl2N/c1-3-8-21-17(13-6-5-12(19)10-16(13)20)14-9-11(2)4-7-15(14)18/h4-7,9-10,17,21H,3,8H2,1-2H3. The van der Waals surface area contributed by atoms with Crippen LogP contribution in [0, 0.1) is 6.92 Å². The van der Waals surface area contributed by atoms with E-state index >= 15 is 0 Å². The molecule has 0 fully saturated rings. The Morgan fingerprint density at radius 2 is 1.86 bits per heavy atom. The smallest absolute Gasteiger partial charge is 0.0602 e. The molecule has 0 amide bonds. The number of hydrogen-bond donors (Lipinski definition) is 1. The van der Waals surface area contributed by atoms with Crippen molar-refractivity contribution in [3.63, 3.8) is 0 Å². The minimum absolute atomic E-state index is 0.0454. The second-order valence-electron chi connectivity index (χ2n) is 5.08. The molecule has 0 aliphatic rings. The predicted molar refractivity (Wildman–Crippen MR) is 95.5 cm³/mol. The molecule has 1 unspecified atom stereocenters. The lowest BCUT2D eigenvalue weighted by Gasteiger charge is -2.22. The van der Waals surface area contributed by atoms with E-state index in [4.69, 9.17) is 23.2 Å². The number of rotatable bonds is 5. The average Bonchev–Trinajstić information content (AvgIpc) is 2.44. The van der Waals surface area contributed by atoms with E-state index in [1.165, 1.54) is 11.1 Å². The summed E-state index contributed by atoms with van der Waals surface area (Å²) in [7, 11) is 0. The molecule has 21 heavy (non-hydrogen) atoms. The van der Waals surface area contributed by atoms with Gasteiger partial charge in [-0.3, -0.25) is 0 Å². The quantitative estimate of drug-likeness (QED) is 0.649. The van der Waals surface area contributed by atoms with Crippen LogP contribution in [0.15, 0.2) is 40.9 Å². The maximum atomic E-state index is 6.41. The first-order chi connectivity index (χ1) is 10.0. The van der Waals surface area contributed by atoms with Gasteiger partial charge in [0.05, 0.1) is 6.04 Å². The summed E-state index contributed by atoms with van der Waals surface area (Å²) in [5.74, 6) is 0. The van der Waals surface area contributed by atoms with Crippen LogP contribution in [-0.2, 0) is 0 Å². The van der Waals surface area contributed by atoms with Gasteiger partial charge in [0.15, 0.2) is 0 Å². The number of aryl methyl sites for hydroxylation is 1. The van der Waals surface area contributed by atoms with E-state index < -0.39 is 0 Å². The average molecular weight is 387 g/mol. The van der Waals surface area contributed by atoms with Gasteiger partial charge in [0, 0.05) is 14.5 Å². The van der Waals surface area contributed by atoms with Crippen molar-refractivity contribution in [3.05, 3.63) is 67.6 Å². The summed E-state index contributed by atoms with van der Waals surface area (Å²) in [6, 6.07) is 12.1. The number of benzene rings is 2. The summed E-state index contributed by atoms with van der Waals surface area (Å²) in [6.45, 7) is 5.17. The van der Waals surface area contributed by atoms with Crippen molar-refractivity contribution in [3.8, 4) is 0 Å². The Morgan fingerprint density at radius 1 is 1.10 bits per heavy atom. The van der Waals surface area contributed by atoms with Crippen molar-refractivity contribution in [2.45, 2.75) is 26.3 Å². The van der Waals surface area contributed by atoms with Crippen LogP contribution in [0.3, 0.4) is 0 Å². The Bertz CT molecular complexity index is 628. The van der Waals surface area contributed by atoms with Crippen molar-refractivity contribution in [1.82, 2.24) is 5.32 Å². The van der Waals surface area contributed by atoms with E-state index in [-0.39, 0.29) is 6.04 Å². The zero-order valence-electron chi connectivity index (χ0n) is 12.1. The third-order valence-corrected chi connectivity index (χ3v) is 4.62. The Morgan fingerprint density at radius 3 is 2.52 bits per heavy atom. The Labute approximate surface area is 144 Å². The molecule has 2 aromatic carbocycles. The van der Waals surface area contributed by atoms with Crippen molar-refractivity contribution in [1.29, 1.82) is 0 Å². The third-order valence-electron chi connectivity index (χ3n) is 3.33. The van der Waals surface area contributed by atoms with Gasteiger partial charge in [-0.15, -0.1) is 0 Å². The molecule has 0 saturated carbocycles. The maximum Gasteiger partial charge on any atom is 0.0602 e. The van der Waals surface area contributed by atoms with E-state index in [1.54, 1.807) is 6.07 Å². The predicted octanol–water partition coefficient (Wildman–Crippen LogP) is 6.15. The molecule has 2 rings (SSSR count). The second kappa shape index (κ2) is 7.64. The highest BCUT2D eigenvalue weighted by molar-refractivity contribution is 9.10. The molecule has 1 N–H and O–H groups in total. The lowest BCUT2D eigenvalue weighted by molar-refractivity contribution is 0.597. The molecule has 1 atom stereocenters. The van der Waals surface area contributed by atoms with Gasteiger partial charge in [0.2, 0.25) is 0 Å². The highest BCUT2D eigenvalue weighted by Crippen LogP contribution is 2.34. The highest BCUT2D eigenvalue weighted by Gasteiger charge is 2.19. The van der Waals surface area contributed by atoms with Gasteiger partial charge in [0.1, 0.15) is 0 Å². The van der Waals surface area contributed by atoms with E-state index in [2.05, 4.69) is 53.3 Å². The number of nitrogens with one attached hydrogen (secondary N) is 1. The van der Waals surface area contributed by atoms with Crippen LogP contribution in [0.4, 0.5) is 0 Å². The minimum atomic E-state index is 0.0454. The molecule has 0 heterocycles. The van der Waals surface area contributed by atoms with Gasteiger partial charge in [-0.1, -0.05) is 69.8 Å². The monoisotopic (exact) mass is 385 g/mol. The van der Waals surface area contributed by atoms with Crippen LogP contribution in [0.2, 0.25) is 10.0 Å². The SMILES string of the molecule is CCCNC(c1ccc(Cl)cc1Cl)c1cc(C)ccc1Br. The first-order valence-corrected chi connectivity index (χ1v) is 8.52. The topological polar surface area (TPSA) is 12.0 Å². The molecule has 112 valence electrons. The van der Waals surface area contributed by atoms with Crippen molar-refractivity contribution in [2.75, 3.05) is 6.54 Å². The van der Waals surface area contributed by atoms with Gasteiger partial charge in [0.25, 0.3) is 0 Å². The molecule has 0 aromatic heterocycles. The lowest BCUT2D eigenvalue weighted by Crippen LogP contribution is -2.24. The summed E-state index contributed by atoms with van der Waals surface area (Å²) >= 11 is 16.1. The first-order valence-electron chi connectivity index (χ1n) is 6.97. The van der Waals surface area contributed by atoms with E-state index in [1.807, 2.05) is 12.1 Å². The molecule has 0 bridgehead atoms. The minimum Gasteiger partial charge on any atom is -0.306 e. The van der Waals surface area contributed by atoms with E-state index in [9.17, 15) is 0 Å². The summed E-state index contributed by atoms with van der Waals surface area (Å²) in [5.41, 5.74) is 3.45. The molecule has 1 nitrogen and oxygen atoms in total. The molecular formula is C17H18BrCl2N. The molecule has 0 saturated heterocycles. The molecular weight excluding hydrogens is 369 g/mol. The molecule has 0 aliphatic carbocycles. The van der Waals surface area contributed by atoms with Gasteiger partial charge >= 0.3 is 0 Å². The molecule has 2 aromatic rings. The second-order valence-corrected chi connectivity index (χ2v) is 6.78. The Hall–Kier alpha value is -0.540. The normalized spacial score (nSPS) is 12.4. The van der Waals surface area contributed by atoms with Gasteiger partial charge in [-0.25, -0.2) is 0 Å². The summed E-state index contributed by atoms with van der Waals surface area (Å²) in [6.07, 6.45) is 1.06. The van der Waals surface area contributed by atoms with Gasteiger partial charge in [-0.2, -0.15) is 0 Å². The summed E-state index contributed by atoms with van der Waals surface area (Å²) < 4.78 is 1.08. The molecule has 0 spiro atoms. The van der Waals surface area contributed by atoms with Crippen molar-refractivity contribution in [2.24, 2.45) is 0 Å². The van der Waals surface area contributed by atoms with Crippen LogP contribution in [0.1, 0.15) is 36.1 Å². The zero-order chi connectivity index (χ0) is 15.4. The van der Waals surface area contributed by atoms with Crippen LogP contribution in [-0.4, -0.2) is 6.54 Å². The van der Waals surface area contributed by atoms with Crippen LogP contribution in [0.5, 0.6) is 0 Å². The third kappa shape index (κ3) is 4.23. The zero-order valence-corrected chi connectivity index (χ0v) is 15.2. The number of hydrogen-bond acceptors (Lipinski definition) is 1. The van der Waals surface area contributed by atoms with Gasteiger partial charge in [-0.05, 0) is 49.2 Å². The Kier molecular flexibility index (Phi) is 6.12. The Balaban J connectivity index is 2.49. The summed E-state index contributed by atoms with van der Waals surface area (Å²) in [5, 5.41) is 4.91. The highest BCUT2D eigenvalue weighted by atomic mass is 79.9. The largest absolute Gasteiger partial charge is 0.306 e. The fourth-order valence-corrected chi connectivity index (χ4v) is 3.29. The number of halogens is 3. The first kappa shape index (κ1) is 16.8. The van der Waals surface area contributed by atoms with Crippen LogP contribution < -0.4 is 5.32 Å². The summed E-state index contributed by atoms with van der Waals surface area (Å²) in [4.78, 5) is 0. The lowest BCUT2D eigenvalue weighted by atomic mass is 9.97. The van der Waals surface area contributed by atoms with E-state index in [0.29, 0.717) is 10.0 Å². The molecule has 0 aliphatic heterocycles. The van der Waals surface area contributed by atoms with Crippen LogP contribution in [0.25, 0.3) is 0 Å². The van der Waals surface area contributed by atoms with E-state index in [0.717, 1.165) is 23.0 Å².